The molecule has 0 aliphatic carbocycles. The molecule has 4 nitrogen and oxygen atoms in total. The molecule has 0 atom stereocenters. The first-order valence-corrected chi connectivity index (χ1v) is 11.2. The Balaban J connectivity index is -0.000000327. The van der Waals surface area contributed by atoms with E-state index < -0.39 is 0 Å². The number of hydrogen-bond donors (Lipinski definition) is 0. The van der Waals surface area contributed by atoms with E-state index in [1.807, 2.05) is 30.3 Å². The quantitative estimate of drug-likeness (QED) is 0.183. The van der Waals surface area contributed by atoms with Gasteiger partial charge in [0.1, 0.15) is 19.5 Å². The SMILES string of the molecule is Brc1ccc[c-]n1.Brc1cccc(Br)n1.O=Cc1cccc(Br)n1.[CH2-]CCC.[Li+].[Li+]. The van der Waals surface area contributed by atoms with Crippen molar-refractivity contribution in [2.45, 2.75) is 19.8 Å². The van der Waals surface area contributed by atoms with Crippen molar-refractivity contribution < 1.29 is 42.5 Å². The minimum absolute atomic E-state index is 0. The van der Waals surface area contributed by atoms with Crippen LogP contribution in [0, 0.1) is 13.1 Å². The molecule has 0 aliphatic heterocycles. The molecule has 0 unspecified atom stereocenters. The smallest absolute Gasteiger partial charge is 0.380 e. The van der Waals surface area contributed by atoms with E-state index >= 15 is 0 Å². The number of aldehydes is 1. The van der Waals surface area contributed by atoms with Gasteiger partial charge >= 0.3 is 37.7 Å². The monoisotopic (exact) mass is 647 g/mol. The molecule has 3 aromatic rings. The first-order chi connectivity index (χ1) is 13.4. The molecule has 150 valence electrons. The van der Waals surface area contributed by atoms with Gasteiger partial charge < -0.3 is 11.9 Å². The maximum atomic E-state index is 10.1. The van der Waals surface area contributed by atoms with Gasteiger partial charge in [0.15, 0.2) is 6.29 Å². The zero-order valence-electron chi connectivity index (χ0n) is 17.2. The molecule has 3 rings (SSSR count). The number of pyridine rings is 3. The van der Waals surface area contributed by atoms with Crippen molar-refractivity contribution >= 4 is 70.0 Å². The first kappa shape index (κ1) is 34.8. The number of nitrogens with zero attached hydrogens (tertiary/aromatic N) is 3. The second kappa shape index (κ2) is 23.9. The molecule has 0 N–H and O–H groups in total. The average Bonchev–Trinajstić information content (AvgIpc) is 2.69. The van der Waals surface area contributed by atoms with Gasteiger partial charge in [-0.1, -0.05) is 31.7 Å². The van der Waals surface area contributed by atoms with E-state index in [9.17, 15) is 4.79 Å². The normalized spacial score (nSPS) is 8.20. The molecule has 3 heterocycles. The topological polar surface area (TPSA) is 55.7 Å². The van der Waals surface area contributed by atoms with Gasteiger partial charge in [0, 0.05) is 0 Å². The minimum Gasteiger partial charge on any atom is -0.380 e. The molecule has 0 fully saturated rings. The number of aromatic nitrogens is 3. The van der Waals surface area contributed by atoms with Crippen molar-refractivity contribution in [2.24, 2.45) is 0 Å². The molecular weight excluding hydrogens is 632 g/mol. The van der Waals surface area contributed by atoms with Crippen LogP contribution in [0.1, 0.15) is 30.3 Å². The summed E-state index contributed by atoms with van der Waals surface area (Å²) in [4.78, 5) is 21.7. The van der Waals surface area contributed by atoms with Crippen LogP contribution in [0.5, 0.6) is 0 Å². The molecule has 0 radical (unpaired) electrons. The largest absolute Gasteiger partial charge is 1.00 e. The Kier molecular flexibility index (Phi) is 27.7. The molecule has 10 heteroatoms. The predicted molar refractivity (Wildman–Crippen MR) is 128 cm³/mol. The van der Waals surface area contributed by atoms with Crippen LogP contribution in [0.15, 0.2) is 73.0 Å². The Morgan fingerprint density at radius 3 is 1.57 bits per heavy atom. The summed E-state index contributed by atoms with van der Waals surface area (Å²) in [5.74, 6) is 0. The van der Waals surface area contributed by atoms with E-state index in [4.69, 9.17) is 0 Å². The Bertz CT molecular complexity index is 781. The van der Waals surface area contributed by atoms with Gasteiger partial charge in [0.2, 0.25) is 0 Å². The van der Waals surface area contributed by atoms with E-state index in [-0.39, 0.29) is 37.7 Å². The maximum Gasteiger partial charge on any atom is 1.00 e. The van der Waals surface area contributed by atoms with Crippen LogP contribution in [-0.4, -0.2) is 21.2 Å². The number of rotatable bonds is 2. The van der Waals surface area contributed by atoms with Crippen molar-refractivity contribution in [2.75, 3.05) is 0 Å². The standard InChI is InChI=1S/C6H4BrNO.C5H3Br2N.C5H3BrN.C4H9.2Li/c7-6-3-1-2-5(4-9)8-6;6-4-2-1-3-5(7)8-4;6-5-3-1-2-4-7-5;1-3-4-2;;/h1-4H;1-3H;1-3H;1,3-4H2,2H3;;/q;;2*-1;2*+1. The minimum atomic E-state index is 0. The average molecular weight is 651 g/mol. The van der Waals surface area contributed by atoms with Crippen molar-refractivity contribution in [3.05, 3.63) is 91.8 Å². The molecule has 0 aromatic carbocycles. The summed E-state index contributed by atoms with van der Waals surface area (Å²) in [6.45, 7) is 5.72. The first-order valence-electron chi connectivity index (χ1n) is 8.06. The molecule has 3 aromatic heterocycles. The molecule has 0 saturated heterocycles. The number of carbonyl (C=O) groups is 1. The number of carbonyl (C=O) groups excluding carboxylic acids is 1. The van der Waals surface area contributed by atoms with Gasteiger partial charge in [-0.15, -0.1) is 22.0 Å². The van der Waals surface area contributed by atoms with Crippen molar-refractivity contribution in [1.82, 2.24) is 15.0 Å². The van der Waals surface area contributed by atoms with Gasteiger partial charge in [-0.3, -0.25) is 4.79 Å². The van der Waals surface area contributed by atoms with Crippen molar-refractivity contribution in [3.63, 3.8) is 0 Å². The van der Waals surface area contributed by atoms with Crippen molar-refractivity contribution in [3.8, 4) is 0 Å². The molecule has 0 amide bonds. The van der Waals surface area contributed by atoms with Crippen LogP contribution in [0.4, 0.5) is 0 Å². The van der Waals surface area contributed by atoms with E-state index in [1.165, 1.54) is 6.42 Å². The maximum absolute atomic E-state index is 10.1. The van der Waals surface area contributed by atoms with E-state index in [1.54, 1.807) is 24.3 Å². The number of unbranched alkanes of at least 4 members (excludes halogenated alkanes) is 1. The fourth-order valence-electron chi connectivity index (χ4n) is 1.18. The summed E-state index contributed by atoms with van der Waals surface area (Å²) in [7, 11) is 0. The molecule has 0 saturated carbocycles. The molecular formula is C20H19Br4Li2N3O. The van der Waals surface area contributed by atoms with Gasteiger partial charge in [0.05, 0.1) is 0 Å². The summed E-state index contributed by atoms with van der Waals surface area (Å²) in [6.07, 6.45) is 5.65. The van der Waals surface area contributed by atoms with Crippen LogP contribution in [0.2, 0.25) is 0 Å². The fourth-order valence-corrected chi connectivity index (χ4v) is 2.72. The number of hydrogen-bond acceptors (Lipinski definition) is 4. The van der Waals surface area contributed by atoms with Crippen LogP contribution < -0.4 is 37.7 Å². The summed E-state index contributed by atoms with van der Waals surface area (Å²) >= 11 is 12.7. The second-order valence-electron chi connectivity index (χ2n) is 4.73. The molecule has 30 heavy (non-hydrogen) atoms. The Morgan fingerprint density at radius 2 is 1.33 bits per heavy atom. The number of halogens is 4. The second-order valence-corrected chi connectivity index (χ2v) is 7.98. The van der Waals surface area contributed by atoms with Crippen LogP contribution in [-0.2, 0) is 0 Å². The Labute approximate surface area is 236 Å². The van der Waals surface area contributed by atoms with E-state index in [2.05, 4.69) is 98.7 Å². The Morgan fingerprint density at radius 1 is 0.867 bits per heavy atom. The van der Waals surface area contributed by atoms with Gasteiger partial charge in [0.25, 0.3) is 0 Å². The third kappa shape index (κ3) is 21.5. The van der Waals surface area contributed by atoms with Gasteiger partial charge in [-0.2, -0.15) is 18.6 Å². The summed E-state index contributed by atoms with van der Waals surface area (Å²) in [6, 6.07) is 16.3. The third-order valence-electron chi connectivity index (χ3n) is 2.47. The summed E-state index contributed by atoms with van der Waals surface area (Å²) < 4.78 is 3.22. The molecule has 0 bridgehead atoms. The molecule has 0 aliphatic rings. The Hall–Kier alpha value is 0.235. The predicted octanol–water partition coefficient (Wildman–Crippen LogP) is 1.54. The summed E-state index contributed by atoms with van der Waals surface area (Å²) in [5.41, 5.74) is 0.448. The van der Waals surface area contributed by atoms with Crippen molar-refractivity contribution in [1.29, 1.82) is 0 Å². The zero-order valence-corrected chi connectivity index (χ0v) is 23.5. The van der Waals surface area contributed by atoms with Crippen LogP contribution in [0.3, 0.4) is 0 Å². The zero-order chi connectivity index (χ0) is 21.2. The molecule has 0 spiro atoms. The van der Waals surface area contributed by atoms with E-state index in [0.717, 1.165) is 20.2 Å². The van der Waals surface area contributed by atoms with Crippen LogP contribution >= 0.6 is 63.7 Å². The van der Waals surface area contributed by atoms with Gasteiger partial charge in [-0.05, 0) is 76.7 Å². The van der Waals surface area contributed by atoms with Crippen LogP contribution in [0.25, 0.3) is 0 Å². The summed E-state index contributed by atoms with van der Waals surface area (Å²) in [5, 5.41) is 0. The fraction of sp³-hybridized carbons (Fsp3) is 0.150. The third-order valence-corrected chi connectivity index (χ3v) is 4.23. The van der Waals surface area contributed by atoms with Gasteiger partial charge in [-0.25, -0.2) is 9.97 Å². The van der Waals surface area contributed by atoms with E-state index in [0.29, 0.717) is 16.6 Å².